The molecule has 0 spiro atoms. The van der Waals surface area contributed by atoms with E-state index in [0.29, 0.717) is 17.9 Å². The highest BCUT2D eigenvalue weighted by Crippen LogP contribution is 2.36. The summed E-state index contributed by atoms with van der Waals surface area (Å²) >= 11 is 0. The van der Waals surface area contributed by atoms with Crippen molar-refractivity contribution in [3.63, 3.8) is 0 Å². The lowest BCUT2D eigenvalue weighted by molar-refractivity contribution is -0.0177. The van der Waals surface area contributed by atoms with E-state index in [-0.39, 0.29) is 11.9 Å². The van der Waals surface area contributed by atoms with E-state index in [4.69, 9.17) is 9.15 Å². The maximum absolute atomic E-state index is 12.9. The molecule has 0 aliphatic carbocycles. The minimum atomic E-state index is -1.13. The fourth-order valence-corrected chi connectivity index (χ4v) is 3.48. The van der Waals surface area contributed by atoms with Gasteiger partial charge in [0.2, 0.25) is 0 Å². The summed E-state index contributed by atoms with van der Waals surface area (Å²) < 4.78 is 10.4. The molecule has 2 atom stereocenters. The molecule has 0 unspecified atom stereocenters. The van der Waals surface area contributed by atoms with Gasteiger partial charge in [0.25, 0.3) is 5.91 Å². The Morgan fingerprint density at radius 1 is 1.33 bits per heavy atom. The molecule has 1 aromatic heterocycles. The van der Waals surface area contributed by atoms with E-state index in [1.165, 1.54) is 6.26 Å². The van der Waals surface area contributed by atoms with Crippen LogP contribution in [0.5, 0.6) is 5.75 Å². The minimum Gasteiger partial charge on any atom is -0.497 e. The second kappa shape index (κ2) is 6.32. The van der Waals surface area contributed by atoms with Crippen molar-refractivity contribution in [3.05, 3.63) is 53.5 Å². The first kappa shape index (κ1) is 16.6. The third-order valence-corrected chi connectivity index (χ3v) is 4.93. The number of carbonyl (C=O) groups is 1. The molecule has 1 aromatic carbocycles. The van der Waals surface area contributed by atoms with Gasteiger partial charge in [-0.1, -0.05) is 12.1 Å². The third-order valence-electron chi connectivity index (χ3n) is 4.93. The molecule has 1 saturated heterocycles. The Morgan fingerprint density at radius 3 is 2.62 bits per heavy atom. The van der Waals surface area contributed by atoms with Crippen LogP contribution < -0.4 is 4.74 Å². The van der Waals surface area contributed by atoms with E-state index < -0.39 is 5.60 Å². The molecule has 128 valence electrons. The van der Waals surface area contributed by atoms with Gasteiger partial charge in [-0.25, -0.2) is 0 Å². The summed E-state index contributed by atoms with van der Waals surface area (Å²) in [5.41, 5.74) is 0.208. The molecule has 5 heteroatoms. The van der Waals surface area contributed by atoms with E-state index in [0.717, 1.165) is 24.2 Å². The predicted octanol–water partition coefficient (Wildman–Crippen LogP) is 3.11. The first-order chi connectivity index (χ1) is 11.4. The van der Waals surface area contributed by atoms with E-state index in [1.54, 1.807) is 31.9 Å². The fraction of sp³-hybridized carbons (Fsp3) is 0.421. The zero-order valence-corrected chi connectivity index (χ0v) is 14.3. The Labute approximate surface area is 141 Å². The highest BCUT2D eigenvalue weighted by molar-refractivity contribution is 5.95. The maximum Gasteiger partial charge on any atom is 0.257 e. The zero-order valence-electron chi connectivity index (χ0n) is 14.3. The summed E-state index contributed by atoms with van der Waals surface area (Å²) in [6, 6.07) is 8.77. The quantitative estimate of drug-likeness (QED) is 0.936. The van der Waals surface area contributed by atoms with Gasteiger partial charge < -0.3 is 19.2 Å². The average molecular weight is 329 g/mol. The highest BCUT2D eigenvalue weighted by Gasteiger charge is 2.43. The molecule has 1 aliphatic heterocycles. The van der Waals surface area contributed by atoms with Crippen molar-refractivity contribution < 1.29 is 19.1 Å². The molecule has 1 fully saturated rings. The number of amides is 1. The van der Waals surface area contributed by atoms with Crippen LogP contribution in [0.2, 0.25) is 0 Å². The van der Waals surface area contributed by atoms with Gasteiger partial charge in [0.15, 0.2) is 0 Å². The minimum absolute atomic E-state index is 0.0856. The van der Waals surface area contributed by atoms with Gasteiger partial charge in [0, 0.05) is 6.54 Å². The van der Waals surface area contributed by atoms with Crippen LogP contribution in [-0.4, -0.2) is 35.6 Å². The van der Waals surface area contributed by atoms with Crippen molar-refractivity contribution >= 4 is 5.91 Å². The lowest BCUT2D eigenvalue weighted by Gasteiger charge is -2.37. The second-order valence-corrected chi connectivity index (χ2v) is 6.42. The number of rotatable bonds is 4. The topological polar surface area (TPSA) is 62.9 Å². The normalized spacial score (nSPS) is 20.0. The van der Waals surface area contributed by atoms with Gasteiger partial charge in [0.05, 0.1) is 25.0 Å². The van der Waals surface area contributed by atoms with Crippen molar-refractivity contribution in [2.45, 2.75) is 38.3 Å². The molecule has 1 aliphatic rings. The zero-order chi connectivity index (χ0) is 17.3. The smallest absolute Gasteiger partial charge is 0.257 e. The summed E-state index contributed by atoms with van der Waals surface area (Å²) in [5, 5.41) is 11.2. The summed E-state index contributed by atoms with van der Waals surface area (Å²) in [6.45, 7) is 4.19. The number of aliphatic hydroxyl groups is 1. The average Bonchev–Trinajstić information content (AvgIpc) is 3.23. The van der Waals surface area contributed by atoms with Gasteiger partial charge in [-0.15, -0.1) is 0 Å². The number of benzene rings is 1. The third kappa shape index (κ3) is 2.80. The molecule has 2 aromatic rings. The number of nitrogens with zero attached hydrogens (tertiary/aromatic N) is 1. The summed E-state index contributed by atoms with van der Waals surface area (Å²) in [7, 11) is 1.61. The summed E-state index contributed by atoms with van der Waals surface area (Å²) in [4.78, 5) is 14.6. The monoisotopic (exact) mass is 329 g/mol. The van der Waals surface area contributed by atoms with Crippen molar-refractivity contribution in [2.75, 3.05) is 13.7 Å². The Morgan fingerprint density at radius 2 is 2.04 bits per heavy atom. The van der Waals surface area contributed by atoms with Crippen LogP contribution in [-0.2, 0) is 5.60 Å². The number of hydrogen-bond acceptors (Lipinski definition) is 4. The van der Waals surface area contributed by atoms with Crippen LogP contribution in [0, 0.1) is 6.92 Å². The Bertz CT molecular complexity index is 717. The number of hydrogen-bond donors (Lipinski definition) is 1. The van der Waals surface area contributed by atoms with Gasteiger partial charge in [-0.05, 0) is 50.5 Å². The van der Waals surface area contributed by atoms with E-state index in [9.17, 15) is 9.90 Å². The fourth-order valence-electron chi connectivity index (χ4n) is 3.48. The predicted molar refractivity (Wildman–Crippen MR) is 90.1 cm³/mol. The molecule has 0 saturated carbocycles. The summed E-state index contributed by atoms with van der Waals surface area (Å²) in [6.07, 6.45) is 3.16. The SMILES string of the molecule is COc1ccc([C@@](C)(O)[C@@H]2CCCN2C(=O)c2ccoc2C)cc1. The molecule has 0 radical (unpaired) electrons. The summed E-state index contributed by atoms with van der Waals surface area (Å²) in [5.74, 6) is 1.26. The number of aryl methyl sites for hydroxylation is 1. The van der Waals surface area contributed by atoms with Crippen molar-refractivity contribution in [2.24, 2.45) is 0 Å². The van der Waals surface area contributed by atoms with Crippen LogP contribution in [0.25, 0.3) is 0 Å². The number of ether oxygens (including phenoxy) is 1. The van der Waals surface area contributed by atoms with Crippen LogP contribution >= 0.6 is 0 Å². The molecule has 2 heterocycles. The molecule has 1 N–H and O–H groups in total. The maximum atomic E-state index is 12.9. The van der Waals surface area contributed by atoms with Crippen molar-refractivity contribution in [3.8, 4) is 5.75 Å². The molecule has 1 amide bonds. The highest BCUT2D eigenvalue weighted by atomic mass is 16.5. The van der Waals surface area contributed by atoms with Gasteiger partial charge in [0.1, 0.15) is 17.1 Å². The molecule has 24 heavy (non-hydrogen) atoms. The second-order valence-electron chi connectivity index (χ2n) is 6.42. The van der Waals surface area contributed by atoms with Gasteiger partial charge >= 0.3 is 0 Å². The lowest BCUT2D eigenvalue weighted by Crippen LogP contribution is -2.48. The first-order valence-corrected chi connectivity index (χ1v) is 8.17. The lowest BCUT2D eigenvalue weighted by atomic mass is 9.86. The molecule has 3 rings (SSSR count). The number of carbonyl (C=O) groups excluding carboxylic acids is 1. The van der Waals surface area contributed by atoms with Crippen LogP contribution in [0.1, 0.15) is 41.4 Å². The Hall–Kier alpha value is -2.27. The number of likely N-dealkylation sites (tertiary alicyclic amines) is 1. The van der Waals surface area contributed by atoms with Crippen LogP contribution in [0.3, 0.4) is 0 Å². The van der Waals surface area contributed by atoms with Gasteiger partial charge in [-0.2, -0.15) is 0 Å². The molecule has 0 bridgehead atoms. The van der Waals surface area contributed by atoms with Crippen LogP contribution in [0.15, 0.2) is 41.0 Å². The van der Waals surface area contributed by atoms with Gasteiger partial charge in [-0.3, -0.25) is 4.79 Å². The first-order valence-electron chi connectivity index (χ1n) is 8.17. The van der Waals surface area contributed by atoms with E-state index in [1.807, 2.05) is 24.3 Å². The van der Waals surface area contributed by atoms with E-state index in [2.05, 4.69) is 0 Å². The molecular formula is C19H23NO4. The molecular weight excluding hydrogens is 306 g/mol. The largest absolute Gasteiger partial charge is 0.497 e. The van der Waals surface area contributed by atoms with Crippen molar-refractivity contribution in [1.29, 1.82) is 0 Å². The number of furan rings is 1. The van der Waals surface area contributed by atoms with E-state index >= 15 is 0 Å². The standard InChI is InChI=1S/C19H23NO4/c1-13-16(10-12-24-13)18(21)20-11-4-5-17(20)19(2,22)14-6-8-15(23-3)9-7-14/h6-10,12,17,22H,4-5,11H2,1-3H3/t17-,19+/m0/s1. The van der Waals surface area contributed by atoms with Crippen LogP contribution in [0.4, 0.5) is 0 Å². The molecule has 5 nitrogen and oxygen atoms in total. The van der Waals surface area contributed by atoms with Crippen molar-refractivity contribution in [1.82, 2.24) is 4.90 Å². The number of methoxy groups -OCH3 is 1. The Kier molecular flexibility index (Phi) is 4.37. The Balaban J connectivity index is 1.88.